The number of rotatable bonds is 4. The number of aryl methyl sites for hydroxylation is 1. The number of hydrogen-bond donors (Lipinski definition) is 2. The van der Waals surface area contributed by atoms with Gasteiger partial charge in [0, 0.05) is 27.0 Å². The van der Waals surface area contributed by atoms with Crippen LogP contribution in [0, 0.1) is 6.92 Å². The smallest absolute Gasteiger partial charge is 0.0589 e. The summed E-state index contributed by atoms with van der Waals surface area (Å²) in [4.78, 5) is 0. The molecule has 0 aromatic heterocycles. The Morgan fingerprint density at radius 2 is 2.16 bits per heavy atom. The van der Waals surface area contributed by atoms with Crippen molar-refractivity contribution in [3.05, 3.63) is 34.3 Å². The third-order valence-electron chi connectivity index (χ3n) is 3.56. The standard InChI is InChI=1S/C14H21ClN2S2/c1-3-12-14(19-7-6-18-12)13(17-16)10-5-4-9(2)11(15)8-10/h4-5,8,12-14,17H,3,6-7,16H2,1-2H3. The fourth-order valence-corrected chi connectivity index (χ4v) is 5.85. The Morgan fingerprint density at radius 1 is 1.42 bits per heavy atom. The minimum atomic E-state index is 0.167. The first-order chi connectivity index (χ1) is 9.17. The van der Waals surface area contributed by atoms with Gasteiger partial charge in [0.05, 0.1) is 6.04 Å². The molecule has 1 saturated heterocycles. The van der Waals surface area contributed by atoms with E-state index in [1.165, 1.54) is 23.5 Å². The highest BCUT2D eigenvalue weighted by molar-refractivity contribution is 8.07. The second-order valence-corrected chi connectivity index (χ2v) is 7.85. The lowest BCUT2D eigenvalue weighted by Crippen LogP contribution is -2.41. The summed E-state index contributed by atoms with van der Waals surface area (Å²) in [5, 5.41) is 1.98. The molecule has 1 aliphatic rings. The van der Waals surface area contributed by atoms with Gasteiger partial charge in [-0.15, -0.1) is 0 Å². The van der Waals surface area contributed by atoms with E-state index in [2.05, 4.69) is 36.2 Å². The van der Waals surface area contributed by atoms with Crippen molar-refractivity contribution in [3.63, 3.8) is 0 Å². The summed E-state index contributed by atoms with van der Waals surface area (Å²) in [7, 11) is 0. The highest BCUT2D eigenvalue weighted by Gasteiger charge is 2.32. The summed E-state index contributed by atoms with van der Waals surface area (Å²) >= 11 is 10.3. The number of hydrazine groups is 1. The molecule has 3 unspecified atom stereocenters. The van der Waals surface area contributed by atoms with Crippen LogP contribution in [0.15, 0.2) is 18.2 Å². The SMILES string of the molecule is CCC1SCCSC1C(NN)c1ccc(C)c(Cl)c1. The number of nitrogens with two attached hydrogens (primary N) is 1. The molecule has 1 aliphatic heterocycles. The molecule has 5 heteroatoms. The Labute approximate surface area is 129 Å². The quantitative estimate of drug-likeness (QED) is 0.655. The van der Waals surface area contributed by atoms with Crippen LogP contribution >= 0.6 is 35.1 Å². The Bertz CT molecular complexity index is 428. The number of thioether (sulfide) groups is 2. The fourth-order valence-electron chi connectivity index (χ4n) is 2.43. The summed E-state index contributed by atoms with van der Waals surface area (Å²) in [6.07, 6.45) is 1.18. The average molecular weight is 317 g/mol. The topological polar surface area (TPSA) is 38.0 Å². The molecule has 1 aromatic rings. The molecule has 0 bridgehead atoms. The van der Waals surface area contributed by atoms with Crippen LogP contribution in [0.1, 0.15) is 30.5 Å². The zero-order chi connectivity index (χ0) is 13.8. The van der Waals surface area contributed by atoms with E-state index in [1.807, 2.05) is 24.8 Å². The van der Waals surface area contributed by atoms with E-state index < -0.39 is 0 Å². The van der Waals surface area contributed by atoms with Crippen molar-refractivity contribution in [3.8, 4) is 0 Å². The summed E-state index contributed by atoms with van der Waals surface area (Å²) in [6, 6.07) is 6.43. The van der Waals surface area contributed by atoms with Crippen LogP contribution in [0.25, 0.3) is 0 Å². The number of halogens is 1. The molecule has 3 N–H and O–H groups in total. The molecule has 1 aromatic carbocycles. The molecular weight excluding hydrogens is 296 g/mol. The van der Waals surface area contributed by atoms with Gasteiger partial charge in [-0.05, 0) is 30.5 Å². The van der Waals surface area contributed by atoms with Crippen LogP contribution in [0.5, 0.6) is 0 Å². The largest absolute Gasteiger partial charge is 0.271 e. The number of hydrogen-bond acceptors (Lipinski definition) is 4. The molecule has 0 amide bonds. The first-order valence-corrected chi connectivity index (χ1v) is 9.10. The van der Waals surface area contributed by atoms with Gasteiger partial charge in [-0.25, -0.2) is 0 Å². The predicted octanol–water partition coefficient (Wildman–Crippen LogP) is 3.78. The van der Waals surface area contributed by atoms with E-state index in [0.29, 0.717) is 10.5 Å². The van der Waals surface area contributed by atoms with Gasteiger partial charge in [-0.2, -0.15) is 23.5 Å². The summed E-state index contributed by atoms with van der Waals surface area (Å²) in [5.41, 5.74) is 5.31. The maximum absolute atomic E-state index is 6.24. The van der Waals surface area contributed by atoms with Gasteiger partial charge in [0.15, 0.2) is 0 Å². The van der Waals surface area contributed by atoms with Crippen molar-refractivity contribution in [1.82, 2.24) is 5.43 Å². The zero-order valence-electron chi connectivity index (χ0n) is 11.4. The summed E-state index contributed by atoms with van der Waals surface area (Å²) < 4.78 is 0. The lowest BCUT2D eigenvalue weighted by molar-refractivity contribution is 0.514. The molecule has 0 saturated carbocycles. The number of nitrogens with one attached hydrogen (secondary N) is 1. The zero-order valence-corrected chi connectivity index (χ0v) is 13.7. The van der Waals surface area contributed by atoms with Gasteiger partial charge in [0.2, 0.25) is 0 Å². The van der Waals surface area contributed by atoms with Gasteiger partial charge < -0.3 is 0 Å². The lowest BCUT2D eigenvalue weighted by atomic mass is 9.99. The van der Waals surface area contributed by atoms with Crippen LogP contribution in [0.3, 0.4) is 0 Å². The van der Waals surface area contributed by atoms with Crippen molar-refractivity contribution in [2.75, 3.05) is 11.5 Å². The number of benzene rings is 1. The van der Waals surface area contributed by atoms with Crippen molar-refractivity contribution in [1.29, 1.82) is 0 Å². The molecule has 106 valence electrons. The minimum absolute atomic E-state index is 0.167. The van der Waals surface area contributed by atoms with E-state index in [0.717, 1.165) is 10.6 Å². The molecule has 1 heterocycles. The second kappa shape index (κ2) is 7.23. The average Bonchev–Trinajstić information content (AvgIpc) is 2.44. The molecule has 19 heavy (non-hydrogen) atoms. The van der Waals surface area contributed by atoms with Crippen LogP contribution in [0.2, 0.25) is 5.02 Å². The van der Waals surface area contributed by atoms with Gasteiger partial charge in [-0.1, -0.05) is 30.7 Å². The summed E-state index contributed by atoms with van der Waals surface area (Å²) in [6.45, 7) is 4.28. The van der Waals surface area contributed by atoms with E-state index in [1.54, 1.807) is 0 Å². The lowest BCUT2D eigenvalue weighted by Gasteiger charge is -2.36. The maximum atomic E-state index is 6.24. The third-order valence-corrected chi connectivity index (χ3v) is 7.32. The van der Waals surface area contributed by atoms with Gasteiger partial charge in [0.1, 0.15) is 0 Å². The van der Waals surface area contributed by atoms with Crippen molar-refractivity contribution in [2.45, 2.75) is 36.8 Å². The first-order valence-electron chi connectivity index (χ1n) is 6.62. The maximum Gasteiger partial charge on any atom is 0.0589 e. The normalized spacial score (nSPS) is 25.3. The van der Waals surface area contributed by atoms with Crippen LogP contribution in [-0.4, -0.2) is 22.0 Å². The van der Waals surface area contributed by atoms with Gasteiger partial charge >= 0.3 is 0 Å². The summed E-state index contributed by atoms with van der Waals surface area (Å²) in [5.74, 6) is 8.26. The first kappa shape index (κ1) is 15.5. The molecule has 3 atom stereocenters. The molecule has 1 fully saturated rings. The van der Waals surface area contributed by atoms with E-state index in [-0.39, 0.29) is 6.04 Å². The molecule has 2 nitrogen and oxygen atoms in total. The Hall–Kier alpha value is 0.130. The van der Waals surface area contributed by atoms with Crippen molar-refractivity contribution in [2.24, 2.45) is 5.84 Å². The van der Waals surface area contributed by atoms with E-state index in [4.69, 9.17) is 17.4 Å². The van der Waals surface area contributed by atoms with Crippen LogP contribution in [-0.2, 0) is 0 Å². The molecular formula is C14H21ClN2S2. The predicted molar refractivity (Wildman–Crippen MR) is 89.0 cm³/mol. The van der Waals surface area contributed by atoms with Gasteiger partial charge in [-0.3, -0.25) is 11.3 Å². The van der Waals surface area contributed by atoms with Crippen molar-refractivity contribution >= 4 is 35.1 Å². The van der Waals surface area contributed by atoms with Crippen molar-refractivity contribution < 1.29 is 0 Å². The Kier molecular flexibility index (Phi) is 5.90. The third kappa shape index (κ3) is 3.61. The van der Waals surface area contributed by atoms with Crippen LogP contribution < -0.4 is 11.3 Å². The van der Waals surface area contributed by atoms with Crippen LogP contribution in [0.4, 0.5) is 0 Å². The fraction of sp³-hybridized carbons (Fsp3) is 0.571. The molecule has 0 radical (unpaired) electrons. The Balaban J connectivity index is 2.24. The molecule has 2 rings (SSSR count). The highest BCUT2D eigenvalue weighted by atomic mass is 35.5. The highest BCUT2D eigenvalue weighted by Crippen LogP contribution is 2.40. The molecule has 0 spiro atoms. The van der Waals surface area contributed by atoms with Gasteiger partial charge in [0.25, 0.3) is 0 Å². The minimum Gasteiger partial charge on any atom is -0.271 e. The Morgan fingerprint density at radius 3 is 2.79 bits per heavy atom. The monoisotopic (exact) mass is 316 g/mol. The van der Waals surface area contributed by atoms with E-state index >= 15 is 0 Å². The molecule has 0 aliphatic carbocycles. The van der Waals surface area contributed by atoms with E-state index in [9.17, 15) is 0 Å². The second-order valence-electron chi connectivity index (χ2n) is 4.81.